The van der Waals surface area contributed by atoms with Crippen molar-refractivity contribution in [2.24, 2.45) is 0 Å². The fourth-order valence-electron chi connectivity index (χ4n) is 3.09. The van der Waals surface area contributed by atoms with Gasteiger partial charge in [0.15, 0.2) is 0 Å². The van der Waals surface area contributed by atoms with E-state index in [1.165, 1.54) is 12.1 Å². The molecule has 1 atom stereocenters. The summed E-state index contributed by atoms with van der Waals surface area (Å²) in [4.78, 5) is 14.2. The lowest BCUT2D eigenvalue weighted by Crippen LogP contribution is -2.33. The quantitative estimate of drug-likeness (QED) is 0.567. The van der Waals surface area contributed by atoms with Crippen LogP contribution < -0.4 is 5.32 Å². The van der Waals surface area contributed by atoms with Gasteiger partial charge in [0.2, 0.25) is 5.91 Å². The third-order valence-corrected chi connectivity index (χ3v) is 4.53. The largest absolute Gasteiger partial charge is 0.395 e. The lowest BCUT2D eigenvalue weighted by atomic mass is 10.1. The Hall–Kier alpha value is -1.72. The Labute approximate surface area is 143 Å². The van der Waals surface area contributed by atoms with Crippen molar-refractivity contribution < 1.29 is 14.3 Å². The standard InChI is InChI=1S/C19H27FN2O2/c1-15(16-6-8-17(20)9-7-16)13-19(24)21-10-2-3-11-22-12-4-5-18(22)14-23/h6-9,13,18,23H,2-5,10-12,14H2,1H3,(H,21,24)/b15-13-. The van der Waals surface area contributed by atoms with Gasteiger partial charge in [0, 0.05) is 18.7 Å². The van der Waals surface area contributed by atoms with Crippen LogP contribution in [0.3, 0.4) is 0 Å². The average Bonchev–Trinajstić information content (AvgIpc) is 3.02. The minimum absolute atomic E-state index is 0.119. The van der Waals surface area contributed by atoms with Crippen LogP contribution in [0.2, 0.25) is 0 Å². The minimum atomic E-state index is -0.280. The molecule has 1 unspecified atom stereocenters. The fourth-order valence-corrected chi connectivity index (χ4v) is 3.09. The number of halogens is 1. The summed E-state index contributed by atoms with van der Waals surface area (Å²) in [6.07, 6.45) is 5.73. The van der Waals surface area contributed by atoms with E-state index >= 15 is 0 Å². The Balaban J connectivity index is 1.66. The first kappa shape index (κ1) is 18.6. The third-order valence-electron chi connectivity index (χ3n) is 4.53. The summed E-state index contributed by atoms with van der Waals surface area (Å²) in [5.41, 5.74) is 1.66. The number of hydrogen-bond donors (Lipinski definition) is 2. The second-order valence-electron chi connectivity index (χ2n) is 6.35. The highest BCUT2D eigenvalue weighted by molar-refractivity contribution is 5.94. The van der Waals surface area contributed by atoms with Crippen molar-refractivity contribution in [2.75, 3.05) is 26.2 Å². The van der Waals surface area contributed by atoms with Crippen molar-refractivity contribution in [3.05, 3.63) is 41.7 Å². The van der Waals surface area contributed by atoms with Crippen LogP contribution in [0.5, 0.6) is 0 Å². The van der Waals surface area contributed by atoms with Gasteiger partial charge in [-0.2, -0.15) is 0 Å². The number of hydrogen-bond acceptors (Lipinski definition) is 3. The number of aliphatic hydroxyl groups excluding tert-OH is 1. The molecule has 4 nitrogen and oxygen atoms in total. The molecule has 0 spiro atoms. The maximum atomic E-state index is 12.9. The summed E-state index contributed by atoms with van der Waals surface area (Å²) in [5.74, 6) is -0.399. The topological polar surface area (TPSA) is 52.6 Å². The molecule has 1 amide bonds. The molecule has 1 aromatic rings. The van der Waals surface area contributed by atoms with Gasteiger partial charge < -0.3 is 10.4 Å². The van der Waals surface area contributed by atoms with Crippen LogP contribution in [0.4, 0.5) is 4.39 Å². The van der Waals surface area contributed by atoms with Gasteiger partial charge in [-0.3, -0.25) is 9.69 Å². The Morgan fingerprint density at radius 1 is 1.38 bits per heavy atom. The van der Waals surface area contributed by atoms with Crippen molar-refractivity contribution in [1.82, 2.24) is 10.2 Å². The lowest BCUT2D eigenvalue weighted by molar-refractivity contribution is -0.116. The van der Waals surface area contributed by atoms with Gasteiger partial charge in [-0.05, 0) is 69.0 Å². The number of carbonyl (C=O) groups excluding carboxylic acids is 1. The minimum Gasteiger partial charge on any atom is -0.395 e. The van der Waals surface area contributed by atoms with E-state index < -0.39 is 0 Å². The van der Waals surface area contributed by atoms with Gasteiger partial charge in [0.05, 0.1) is 6.61 Å². The number of nitrogens with one attached hydrogen (secondary N) is 1. The summed E-state index contributed by atoms with van der Waals surface area (Å²) in [6.45, 7) is 4.77. The van der Waals surface area contributed by atoms with E-state index in [9.17, 15) is 14.3 Å². The number of nitrogens with zero attached hydrogens (tertiary/aromatic N) is 1. The number of carbonyl (C=O) groups is 1. The number of rotatable bonds is 8. The van der Waals surface area contributed by atoms with E-state index in [-0.39, 0.29) is 18.3 Å². The first-order chi connectivity index (χ1) is 11.6. The van der Waals surface area contributed by atoms with E-state index in [0.29, 0.717) is 12.6 Å². The zero-order valence-corrected chi connectivity index (χ0v) is 14.3. The molecular formula is C19H27FN2O2. The maximum absolute atomic E-state index is 12.9. The monoisotopic (exact) mass is 334 g/mol. The number of unbranched alkanes of at least 4 members (excludes halogenated alkanes) is 1. The zero-order chi connectivity index (χ0) is 17.4. The summed E-state index contributed by atoms with van der Waals surface area (Å²) < 4.78 is 12.9. The molecule has 0 saturated carbocycles. The van der Waals surface area contributed by atoms with Crippen molar-refractivity contribution in [3.63, 3.8) is 0 Å². The molecule has 1 aliphatic heterocycles. The van der Waals surface area contributed by atoms with Crippen molar-refractivity contribution in [1.29, 1.82) is 0 Å². The van der Waals surface area contributed by atoms with E-state index in [1.54, 1.807) is 18.2 Å². The van der Waals surface area contributed by atoms with Gasteiger partial charge in [0.25, 0.3) is 0 Å². The summed E-state index contributed by atoms with van der Waals surface area (Å²) in [5, 5.41) is 12.2. The number of benzene rings is 1. The molecule has 1 aliphatic rings. The van der Waals surface area contributed by atoms with Crippen LogP contribution in [-0.2, 0) is 4.79 Å². The van der Waals surface area contributed by atoms with Gasteiger partial charge >= 0.3 is 0 Å². The first-order valence-corrected chi connectivity index (χ1v) is 8.67. The molecule has 0 radical (unpaired) electrons. The fraction of sp³-hybridized carbons (Fsp3) is 0.526. The highest BCUT2D eigenvalue weighted by Crippen LogP contribution is 2.17. The summed E-state index contributed by atoms with van der Waals surface area (Å²) in [6, 6.07) is 6.44. The first-order valence-electron chi connectivity index (χ1n) is 8.67. The van der Waals surface area contributed by atoms with Gasteiger partial charge in [-0.25, -0.2) is 4.39 Å². The molecule has 2 rings (SSSR count). The molecule has 0 aromatic heterocycles. The Morgan fingerprint density at radius 2 is 2.12 bits per heavy atom. The van der Waals surface area contributed by atoms with Gasteiger partial charge in [-0.15, -0.1) is 0 Å². The third kappa shape index (κ3) is 5.73. The number of likely N-dealkylation sites (tertiary alicyclic amines) is 1. The van der Waals surface area contributed by atoms with E-state index in [0.717, 1.165) is 49.9 Å². The van der Waals surface area contributed by atoms with Crippen LogP contribution in [0, 0.1) is 5.82 Å². The predicted molar refractivity (Wildman–Crippen MR) is 94.0 cm³/mol. The van der Waals surface area contributed by atoms with E-state index in [1.807, 2.05) is 6.92 Å². The molecule has 2 N–H and O–H groups in total. The molecule has 1 fully saturated rings. The van der Waals surface area contributed by atoms with Crippen LogP contribution in [0.15, 0.2) is 30.3 Å². The zero-order valence-electron chi connectivity index (χ0n) is 14.3. The number of amides is 1. The smallest absolute Gasteiger partial charge is 0.244 e. The van der Waals surface area contributed by atoms with Crippen LogP contribution in [0.25, 0.3) is 5.57 Å². The predicted octanol–water partition coefficient (Wildman–Crippen LogP) is 2.58. The molecule has 5 heteroatoms. The van der Waals surface area contributed by atoms with Crippen molar-refractivity contribution in [3.8, 4) is 0 Å². The molecular weight excluding hydrogens is 307 g/mol. The van der Waals surface area contributed by atoms with Crippen molar-refractivity contribution in [2.45, 2.75) is 38.6 Å². The van der Waals surface area contributed by atoms with Crippen LogP contribution >= 0.6 is 0 Å². The van der Waals surface area contributed by atoms with Crippen LogP contribution in [0.1, 0.15) is 38.2 Å². The average molecular weight is 334 g/mol. The Morgan fingerprint density at radius 3 is 2.83 bits per heavy atom. The highest BCUT2D eigenvalue weighted by Gasteiger charge is 2.22. The Bertz CT molecular complexity index is 557. The molecule has 24 heavy (non-hydrogen) atoms. The molecule has 1 heterocycles. The number of allylic oxidation sites excluding steroid dienone is 1. The maximum Gasteiger partial charge on any atom is 0.244 e. The molecule has 132 valence electrons. The Kier molecular flexibility index (Phi) is 7.40. The second kappa shape index (κ2) is 9.55. The van der Waals surface area contributed by atoms with Gasteiger partial charge in [0.1, 0.15) is 5.82 Å². The molecule has 1 saturated heterocycles. The summed E-state index contributed by atoms with van der Waals surface area (Å²) in [7, 11) is 0. The highest BCUT2D eigenvalue weighted by atomic mass is 19.1. The number of aliphatic hydroxyl groups is 1. The lowest BCUT2D eigenvalue weighted by Gasteiger charge is -2.22. The summed E-state index contributed by atoms with van der Waals surface area (Å²) >= 11 is 0. The van der Waals surface area contributed by atoms with E-state index in [2.05, 4.69) is 10.2 Å². The van der Waals surface area contributed by atoms with Crippen LogP contribution in [-0.4, -0.2) is 48.2 Å². The van der Waals surface area contributed by atoms with Gasteiger partial charge in [-0.1, -0.05) is 12.1 Å². The normalized spacial score (nSPS) is 18.8. The van der Waals surface area contributed by atoms with E-state index in [4.69, 9.17) is 0 Å². The molecule has 0 aliphatic carbocycles. The molecule has 0 bridgehead atoms. The second-order valence-corrected chi connectivity index (χ2v) is 6.35. The molecule has 1 aromatic carbocycles. The van der Waals surface area contributed by atoms with Crippen molar-refractivity contribution >= 4 is 11.5 Å². The SMILES string of the molecule is C/C(=C/C(=O)NCCCCN1CCCC1CO)c1ccc(F)cc1.